The number of carboxylic acids is 1. The Morgan fingerprint density at radius 2 is 2.00 bits per heavy atom. The first kappa shape index (κ1) is 13.0. The Morgan fingerprint density at radius 3 is 2.56 bits per heavy atom. The summed E-state index contributed by atoms with van der Waals surface area (Å²) in [6.07, 6.45) is 0. The molecule has 1 N–H and O–H groups in total. The van der Waals surface area contributed by atoms with Gasteiger partial charge in [-0.1, -0.05) is 0 Å². The van der Waals surface area contributed by atoms with Crippen LogP contribution in [0.2, 0.25) is 0 Å². The van der Waals surface area contributed by atoms with E-state index in [1.165, 1.54) is 22.7 Å². The lowest BCUT2D eigenvalue weighted by Crippen LogP contribution is -2.23. The molecule has 4 nitrogen and oxygen atoms in total. The van der Waals surface area contributed by atoms with Gasteiger partial charge >= 0.3 is 11.9 Å². The highest BCUT2D eigenvalue weighted by molar-refractivity contribution is 7.38. The van der Waals surface area contributed by atoms with Crippen LogP contribution in [-0.4, -0.2) is 22.6 Å². The van der Waals surface area contributed by atoms with Gasteiger partial charge in [-0.15, -0.1) is 22.7 Å². The van der Waals surface area contributed by atoms with Crippen molar-refractivity contribution in [2.24, 2.45) is 0 Å². The molecule has 0 radical (unpaired) electrons. The minimum absolute atomic E-state index is 0.237. The molecule has 0 saturated carbocycles. The van der Waals surface area contributed by atoms with Crippen molar-refractivity contribution in [3.8, 4) is 0 Å². The van der Waals surface area contributed by atoms with Gasteiger partial charge in [0, 0.05) is 10.8 Å². The minimum atomic E-state index is -0.977. The number of carbonyl (C=O) groups excluding carboxylic acids is 1. The molecule has 6 heteroatoms. The molecule has 2 rings (SSSR count). The second-order valence-electron chi connectivity index (χ2n) is 4.77. The van der Waals surface area contributed by atoms with Crippen LogP contribution in [0.15, 0.2) is 11.4 Å². The molecule has 96 valence electrons. The van der Waals surface area contributed by atoms with Crippen molar-refractivity contribution in [3.05, 3.63) is 21.9 Å². The van der Waals surface area contributed by atoms with Gasteiger partial charge < -0.3 is 9.84 Å². The number of hydrogen-bond donors (Lipinski definition) is 1. The van der Waals surface area contributed by atoms with Gasteiger partial charge in [0.1, 0.15) is 10.5 Å². The fraction of sp³-hybridized carbons (Fsp3) is 0.333. The van der Waals surface area contributed by atoms with E-state index in [0.717, 1.165) is 4.01 Å². The molecule has 0 bridgehead atoms. The third kappa shape index (κ3) is 2.54. The van der Waals surface area contributed by atoms with Crippen molar-refractivity contribution < 1.29 is 19.4 Å². The maximum atomic E-state index is 11.9. The maximum Gasteiger partial charge on any atom is 0.348 e. The molecule has 2 heterocycles. The third-order valence-electron chi connectivity index (χ3n) is 2.10. The van der Waals surface area contributed by atoms with Crippen LogP contribution in [0.4, 0.5) is 0 Å². The largest absolute Gasteiger partial charge is 0.478 e. The van der Waals surface area contributed by atoms with Gasteiger partial charge in [-0.25, -0.2) is 9.59 Å². The number of hydrogen-bond acceptors (Lipinski definition) is 5. The van der Waals surface area contributed by atoms with Gasteiger partial charge in [-0.3, -0.25) is 0 Å². The average molecular weight is 284 g/mol. The van der Waals surface area contributed by atoms with Crippen LogP contribution < -0.4 is 0 Å². The lowest BCUT2D eigenvalue weighted by molar-refractivity contribution is 0.00750. The molecule has 2 aromatic rings. The molecular weight excluding hydrogens is 272 g/mol. The molecule has 18 heavy (non-hydrogen) atoms. The van der Waals surface area contributed by atoms with Crippen molar-refractivity contribution in [1.29, 1.82) is 0 Å². The van der Waals surface area contributed by atoms with Gasteiger partial charge in [0.25, 0.3) is 0 Å². The molecular formula is C12H12O4S2. The van der Waals surface area contributed by atoms with Gasteiger partial charge in [-0.05, 0) is 26.8 Å². The minimum Gasteiger partial charge on any atom is -0.478 e. The average Bonchev–Trinajstić information content (AvgIpc) is 2.70. The highest BCUT2D eigenvalue weighted by Gasteiger charge is 2.22. The van der Waals surface area contributed by atoms with Crippen molar-refractivity contribution in [3.63, 3.8) is 0 Å². The van der Waals surface area contributed by atoms with Gasteiger partial charge in [-0.2, -0.15) is 0 Å². The fourth-order valence-electron chi connectivity index (χ4n) is 1.42. The summed E-state index contributed by atoms with van der Waals surface area (Å²) in [4.78, 5) is 23.3. The van der Waals surface area contributed by atoms with Crippen LogP contribution in [0.3, 0.4) is 0 Å². The van der Waals surface area contributed by atoms with Crippen molar-refractivity contribution in [1.82, 2.24) is 0 Å². The number of carboxylic acid groups (broad SMARTS) is 1. The number of thiophene rings is 2. The van der Waals surface area contributed by atoms with Gasteiger partial charge in [0.15, 0.2) is 0 Å². The Hall–Kier alpha value is -1.40. The second-order valence-corrected chi connectivity index (χ2v) is 6.96. The summed E-state index contributed by atoms with van der Waals surface area (Å²) < 4.78 is 6.08. The first-order valence-corrected chi connectivity index (χ1v) is 6.95. The Morgan fingerprint density at radius 1 is 1.33 bits per heavy atom. The molecule has 0 aliphatic heterocycles. The summed E-state index contributed by atoms with van der Waals surface area (Å²) in [6, 6.07) is 1.59. The Kier molecular flexibility index (Phi) is 3.16. The SMILES string of the molecule is CC(C)(C)OC(=O)c1cc2c(C(=O)O)csc2s1. The molecule has 0 aromatic carbocycles. The number of aromatic carboxylic acids is 1. The first-order chi connectivity index (χ1) is 8.28. The van der Waals surface area contributed by atoms with Crippen LogP contribution in [0, 0.1) is 0 Å². The molecule has 0 unspecified atom stereocenters. The lowest BCUT2D eigenvalue weighted by atomic mass is 10.2. The summed E-state index contributed by atoms with van der Waals surface area (Å²) in [5, 5.41) is 11.2. The molecule has 0 aliphatic rings. The van der Waals surface area contributed by atoms with Crippen molar-refractivity contribution >= 4 is 44.0 Å². The van der Waals surface area contributed by atoms with E-state index in [1.807, 2.05) is 0 Å². The Bertz CT molecular complexity index is 616. The highest BCUT2D eigenvalue weighted by Crippen LogP contribution is 2.34. The number of rotatable bonds is 2. The molecule has 0 amide bonds. The van der Waals surface area contributed by atoms with E-state index in [2.05, 4.69) is 0 Å². The number of esters is 1. The first-order valence-electron chi connectivity index (χ1n) is 5.25. The summed E-state index contributed by atoms with van der Waals surface area (Å²) >= 11 is 2.59. The zero-order valence-electron chi connectivity index (χ0n) is 10.1. The van der Waals surface area contributed by atoms with E-state index in [1.54, 1.807) is 32.2 Å². The maximum absolute atomic E-state index is 11.9. The summed E-state index contributed by atoms with van der Waals surface area (Å²) in [7, 11) is 0. The molecule has 0 aliphatic carbocycles. The third-order valence-corrected chi connectivity index (χ3v) is 4.34. The van der Waals surface area contributed by atoms with Crippen LogP contribution in [0.5, 0.6) is 0 Å². The topological polar surface area (TPSA) is 63.6 Å². The van der Waals surface area contributed by atoms with Crippen LogP contribution in [0.25, 0.3) is 9.40 Å². The predicted molar refractivity (Wildman–Crippen MR) is 71.8 cm³/mol. The smallest absolute Gasteiger partial charge is 0.348 e. The van der Waals surface area contributed by atoms with E-state index in [0.29, 0.717) is 10.3 Å². The van der Waals surface area contributed by atoms with Gasteiger partial charge in [0.2, 0.25) is 0 Å². The summed E-state index contributed by atoms with van der Waals surface area (Å²) in [5.74, 6) is -1.39. The highest BCUT2D eigenvalue weighted by atomic mass is 32.2. The molecule has 0 fully saturated rings. The molecule has 0 spiro atoms. The van der Waals surface area contributed by atoms with Crippen molar-refractivity contribution in [2.45, 2.75) is 26.4 Å². The van der Waals surface area contributed by atoms with Crippen LogP contribution in [0.1, 0.15) is 40.8 Å². The zero-order valence-corrected chi connectivity index (χ0v) is 11.8. The van der Waals surface area contributed by atoms with E-state index in [4.69, 9.17) is 9.84 Å². The number of carbonyl (C=O) groups is 2. The molecule has 0 saturated heterocycles. The normalized spacial score (nSPS) is 11.7. The number of ether oxygens (including phenoxy) is 1. The summed E-state index contributed by atoms with van der Waals surface area (Å²) in [5.41, 5.74) is -0.314. The Labute approximate surface area is 112 Å². The summed E-state index contributed by atoms with van der Waals surface area (Å²) in [6.45, 7) is 5.39. The Balaban J connectivity index is 2.36. The van der Waals surface area contributed by atoms with E-state index in [9.17, 15) is 9.59 Å². The van der Waals surface area contributed by atoms with Crippen LogP contribution in [-0.2, 0) is 4.74 Å². The zero-order chi connectivity index (χ0) is 13.5. The van der Waals surface area contributed by atoms with Crippen molar-refractivity contribution in [2.75, 3.05) is 0 Å². The van der Waals surface area contributed by atoms with Gasteiger partial charge in [0.05, 0.1) is 9.58 Å². The number of fused-ring (bicyclic) bond motifs is 1. The quantitative estimate of drug-likeness (QED) is 0.855. The van der Waals surface area contributed by atoms with Crippen LogP contribution >= 0.6 is 22.7 Å². The molecule has 0 atom stereocenters. The molecule has 2 aromatic heterocycles. The monoisotopic (exact) mass is 284 g/mol. The fourth-order valence-corrected chi connectivity index (χ4v) is 3.56. The van der Waals surface area contributed by atoms with E-state index < -0.39 is 17.5 Å². The predicted octanol–water partition coefficient (Wildman–Crippen LogP) is 3.62. The van der Waals surface area contributed by atoms with E-state index in [-0.39, 0.29) is 5.56 Å². The van der Waals surface area contributed by atoms with E-state index >= 15 is 0 Å². The standard InChI is InChI=1S/C12H12O4S2/c1-12(2,3)16-10(15)8-4-6-7(9(13)14)5-17-11(6)18-8/h4-5H,1-3H3,(H,13,14). The second kappa shape index (κ2) is 4.37. The lowest BCUT2D eigenvalue weighted by Gasteiger charge is -2.18.